The number of nitrogens with one attached hydrogen (secondary N) is 2. The number of carbonyl (C=O) groups excluding carboxylic acids is 2. The second kappa shape index (κ2) is 7.22. The van der Waals surface area contributed by atoms with Gasteiger partial charge in [-0.2, -0.15) is 0 Å². The van der Waals surface area contributed by atoms with Crippen LogP contribution >= 0.6 is 0 Å². The molecule has 1 saturated heterocycles. The molecule has 0 saturated carbocycles. The lowest BCUT2D eigenvalue weighted by molar-refractivity contribution is -0.895. The molecule has 2 rings (SSSR count). The Morgan fingerprint density at radius 3 is 2.62 bits per heavy atom. The highest BCUT2D eigenvalue weighted by molar-refractivity contribution is 5.91. The molecule has 114 valence electrons. The summed E-state index contributed by atoms with van der Waals surface area (Å²) in [7, 11) is 0. The smallest absolute Gasteiger partial charge is 0.279 e. The summed E-state index contributed by atoms with van der Waals surface area (Å²) in [6, 6.07) is 7.95. The number of benzene rings is 1. The van der Waals surface area contributed by atoms with Gasteiger partial charge >= 0.3 is 0 Å². The number of nitrogens with zero attached hydrogens (tertiary/aromatic N) is 1. The van der Waals surface area contributed by atoms with Crippen molar-refractivity contribution in [3.05, 3.63) is 29.8 Å². The zero-order chi connectivity index (χ0) is 15.2. The number of hydrogen-bond acceptors (Lipinski definition) is 2. The monoisotopic (exact) mass is 290 g/mol. The van der Waals surface area contributed by atoms with Crippen LogP contribution in [0.15, 0.2) is 24.3 Å². The molecule has 5 heteroatoms. The Morgan fingerprint density at radius 2 is 2.00 bits per heavy atom. The van der Waals surface area contributed by atoms with Crippen molar-refractivity contribution in [2.24, 2.45) is 0 Å². The summed E-state index contributed by atoms with van der Waals surface area (Å²) in [5, 5.41) is 2.96. The Bertz CT molecular complexity index is 508. The number of aryl methyl sites for hydroxylation is 1. The van der Waals surface area contributed by atoms with E-state index in [4.69, 9.17) is 0 Å². The fourth-order valence-corrected chi connectivity index (χ4v) is 2.62. The number of rotatable bonds is 4. The first-order valence-corrected chi connectivity index (χ1v) is 7.56. The molecule has 2 N–H and O–H groups in total. The molecule has 0 aliphatic carbocycles. The zero-order valence-corrected chi connectivity index (χ0v) is 12.8. The fourth-order valence-electron chi connectivity index (χ4n) is 2.62. The molecular weight excluding hydrogens is 266 g/mol. The van der Waals surface area contributed by atoms with E-state index in [0.29, 0.717) is 6.54 Å². The molecule has 1 heterocycles. The van der Waals surface area contributed by atoms with Crippen molar-refractivity contribution in [3.63, 3.8) is 0 Å². The van der Waals surface area contributed by atoms with E-state index in [1.165, 1.54) is 10.5 Å². The minimum absolute atomic E-state index is 0.0366. The summed E-state index contributed by atoms with van der Waals surface area (Å²) < 4.78 is 0. The van der Waals surface area contributed by atoms with Crippen LogP contribution in [0.3, 0.4) is 0 Å². The van der Waals surface area contributed by atoms with Gasteiger partial charge in [0.05, 0.1) is 26.2 Å². The van der Waals surface area contributed by atoms with Crippen LogP contribution in [0, 0.1) is 0 Å². The van der Waals surface area contributed by atoms with Gasteiger partial charge in [0, 0.05) is 12.6 Å². The number of quaternary nitrogens is 1. The first-order chi connectivity index (χ1) is 10.1. The normalized spacial score (nSPS) is 15.8. The number of anilines is 1. The predicted molar refractivity (Wildman–Crippen MR) is 82.3 cm³/mol. The average molecular weight is 290 g/mol. The minimum atomic E-state index is 0.0366. The Labute approximate surface area is 125 Å². The van der Waals surface area contributed by atoms with E-state index in [2.05, 4.69) is 18.3 Å². The largest absolute Gasteiger partial charge is 0.332 e. The highest BCUT2D eigenvalue weighted by Crippen LogP contribution is 2.10. The number of piperazine rings is 1. The topological polar surface area (TPSA) is 53.9 Å². The predicted octanol–water partition coefficient (Wildman–Crippen LogP) is -0.0655. The molecule has 0 atom stereocenters. The van der Waals surface area contributed by atoms with Gasteiger partial charge in [-0.25, -0.2) is 0 Å². The molecule has 1 fully saturated rings. The van der Waals surface area contributed by atoms with E-state index in [1.54, 1.807) is 6.92 Å². The molecule has 0 aromatic heterocycles. The Morgan fingerprint density at radius 1 is 1.29 bits per heavy atom. The van der Waals surface area contributed by atoms with Crippen LogP contribution in [0.4, 0.5) is 5.69 Å². The van der Waals surface area contributed by atoms with Crippen LogP contribution in [-0.4, -0.2) is 49.4 Å². The van der Waals surface area contributed by atoms with Crippen molar-refractivity contribution in [2.45, 2.75) is 20.3 Å². The molecule has 21 heavy (non-hydrogen) atoms. The molecule has 0 unspecified atom stereocenters. The summed E-state index contributed by atoms with van der Waals surface area (Å²) in [5.74, 6) is 0.157. The van der Waals surface area contributed by atoms with Crippen LogP contribution in [0.2, 0.25) is 0 Å². The van der Waals surface area contributed by atoms with Crippen molar-refractivity contribution >= 4 is 17.5 Å². The van der Waals surface area contributed by atoms with Gasteiger partial charge in [-0.1, -0.05) is 19.1 Å². The first-order valence-electron chi connectivity index (χ1n) is 7.56. The van der Waals surface area contributed by atoms with Gasteiger partial charge in [0.25, 0.3) is 5.91 Å². The fraction of sp³-hybridized carbons (Fsp3) is 0.500. The van der Waals surface area contributed by atoms with E-state index >= 15 is 0 Å². The van der Waals surface area contributed by atoms with Gasteiger partial charge in [0.15, 0.2) is 6.54 Å². The summed E-state index contributed by atoms with van der Waals surface area (Å²) in [6.45, 7) is 7.30. The molecule has 2 amide bonds. The standard InChI is InChI=1S/C16H23N3O2/c1-3-14-5-4-6-15(11-14)17-16(21)12-18-7-9-19(10-8-18)13(2)20/h4-6,11H,3,7-10,12H2,1-2H3,(H,17,21)/p+1. The molecule has 0 radical (unpaired) electrons. The molecule has 1 aliphatic rings. The summed E-state index contributed by atoms with van der Waals surface area (Å²) in [4.78, 5) is 26.4. The van der Waals surface area contributed by atoms with E-state index in [-0.39, 0.29) is 11.8 Å². The van der Waals surface area contributed by atoms with Gasteiger partial charge in [-0.15, -0.1) is 0 Å². The van der Waals surface area contributed by atoms with E-state index in [9.17, 15) is 9.59 Å². The Hall–Kier alpha value is -1.88. The van der Waals surface area contributed by atoms with E-state index in [0.717, 1.165) is 38.3 Å². The molecule has 1 aromatic rings. The quantitative estimate of drug-likeness (QED) is 0.816. The lowest BCUT2D eigenvalue weighted by atomic mass is 10.1. The summed E-state index contributed by atoms with van der Waals surface area (Å²) in [5.41, 5.74) is 2.08. The van der Waals surface area contributed by atoms with Gasteiger partial charge in [0.2, 0.25) is 5.91 Å². The lowest BCUT2D eigenvalue weighted by Crippen LogP contribution is -3.15. The molecule has 0 bridgehead atoms. The highest BCUT2D eigenvalue weighted by atomic mass is 16.2. The second-order valence-electron chi connectivity index (χ2n) is 5.53. The highest BCUT2D eigenvalue weighted by Gasteiger charge is 2.23. The minimum Gasteiger partial charge on any atom is -0.332 e. The number of hydrogen-bond donors (Lipinski definition) is 2. The van der Waals surface area contributed by atoms with E-state index < -0.39 is 0 Å². The summed E-state index contributed by atoms with van der Waals surface area (Å²) >= 11 is 0. The van der Waals surface area contributed by atoms with Gasteiger partial charge in [0.1, 0.15) is 0 Å². The maximum absolute atomic E-state index is 12.1. The summed E-state index contributed by atoms with van der Waals surface area (Å²) in [6.07, 6.45) is 0.960. The Balaban J connectivity index is 1.81. The van der Waals surface area contributed by atoms with Gasteiger partial charge in [-0.05, 0) is 24.1 Å². The van der Waals surface area contributed by atoms with Gasteiger partial charge < -0.3 is 15.1 Å². The molecule has 1 aromatic carbocycles. The SMILES string of the molecule is CCc1cccc(NC(=O)C[NH+]2CCN(C(C)=O)CC2)c1. The van der Waals surface area contributed by atoms with Crippen molar-refractivity contribution in [3.8, 4) is 0 Å². The van der Waals surface area contributed by atoms with Crippen LogP contribution in [-0.2, 0) is 16.0 Å². The molecular formula is C16H24N3O2+. The number of amides is 2. The van der Waals surface area contributed by atoms with Gasteiger partial charge in [-0.3, -0.25) is 9.59 Å². The third-order valence-electron chi connectivity index (χ3n) is 3.95. The Kier molecular flexibility index (Phi) is 5.33. The molecule has 5 nitrogen and oxygen atoms in total. The average Bonchev–Trinajstić information content (AvgIpc) is 2.47. The van der Waals surface area contributed by atoms with E-state index in [1.807, 2.05) is 23.1 Å². The maximum atomic E-state index is 12.1. The zero-order valence-electron chi connectivity index (χ0n) is 12.8. The van der Waals surface area contributed by atoms with Crippen molar-refractivity contribution in [1.29, 1.82) is 0 Å². The maximum Gasteiger partial charge on any atom is 0.279 e. The van der Waals surface area contributed by atoms with Crippen LogP contribution in [0.1, 0.15) is 19.4 Å². The molecule has 0 spiro atoms. The second-order valence-corrected chi connectivity index (χ2v) is 5.53. The van der Waals surface area contributed by atoms with Crippen molar-refractivity contribution in [2.75, 3.05) is 38.0 Å². The van der Waals surface area contributed by atoms with Crippen molar-refractivity contribution in [1.82, 2.24) is 4.90 Å². The van der Waals surface area contributed by atoms with Crippen LogP contribution < -0.4 is 10.2 Å². The molecule has 1 aliphatic heterocycles. The van der Waals surface area contributed by atoms with Crippen LogP contribution in [0.5, 0.6) is 0 Å². The lowest BCUT2D eigenvalue weighted by Gasteiger charge is -2.31. The first kappa shape index (κ1) is 15.5. The third-order valence-corrected chi connectivity index (χ3v) is 3.95. The van der Waals surface area contributed by atoms with Crippen molar-refractivity contribution < 1.29 is 14.5 Å². The number of carbonyl (C=O) groups is 2. The third kappa shape index (κ3) is 4.56. The van der Waals surface area contributed by atoms with Crippen LogP contribution in [0.25, 0.3) is 0 Å².